The Morgan fingerprint density at radius 2 is 1.02 bits per heavy atom. The molecular weight excluding hydrogens is 1100 g/mol. The maximum atomic E-state index is 13.6. The summed E-state index contributed by atoms with van der Waals surface area (Å²) in [5.41, 5.74) is 0. The molecule has 21 N–H and O–H groups in total. The standard InChI is InChI=1S/C44H74N2O34/c1-10-20(55)25(60)28(63)40(70-10)77-32-17(9-51)74-39(79-36-23(58)15(7-49)72-41(30(36)65)76-31-16(8-50)71-38(66)27(62)26(31)61)19(46(4)12(3)53)34(32)78-42-29(64)35(22(57)14(6-48)73-42)75-37-24(59)18(45-11(2)52)33(21(56)13(54)5-47)80-44(37,69)43(67)68/h10,13-42,47-51,54-66,69H,5-9H2,1-4H3,(H,45,52)(H,67,68). The van der Waals surface area contributed by atoms with E-state index in [4.69, 9.17) is 52.1 Å². The Morgan fingerprint density at radius 3 is 1.52 bits per heavy atom. The molecule has 0 spiro atoms. The van der Waals surface area contributed by atoms with E-state index in [0.717, 1.165) is 25.8 Å². The average Bonchev–Trinajstić information content (AvgIpc) is 3.43. The van der Waals surface area contributed by atoms with Gasteiger partial charge in [-0.25, -0.2) is 4.79 Å². The third kappa shape index (κ3) is 13.3. The predicted octanol–water partition coefficient (Wildman–Crippen LogP) is -14.3. The largest absolute Gasteiger partial charge is 0.477 e. The molecule has 0 radical (unpaired) electrons. The van der Waals surface area contributed by atoms with Gasteiger partial charge < -0.3 is 164 Å². The monoisotopic (exact) mass is 1170 g/mol. The van der Waals surface area contributed by atoms with Crippen molar-refractivity contribution in [3.8, 4) is 0 Å². The second kappa shape index (κ2) is 27.5. The quantitative estimate of drug-likeness (QED) is 0.0538. The SMILES string of the molecule is CC(=O)NC1C(O)C(OC2C(O)C(CO)OC(OC3C(OC4OC(C)C(O)C(O)C4O)C(CO)OC(OC4C(O)C(CO)OC(OC5C(CO)OC(O)C(O)C5O)C4O)C3N(C)C(C)=O)C2O)C(O)(C(=O)O)OC1C(O)C(O)CO. The minimum atomic E-state index is -3.85. The minimum Gasteiger partial charge on any atom is -0.477 e. The third-order valence-electron chi connectivity index (χ3n) is 14.8. The number of rotatable bonds is 20. The molecule has 0 aromatic carbocycles. The molecule has 0 bridgehead atoms. The van der Waals surface area contributed by atoms with E-state index < -0.39 is 247 Å². The number of hydrogen-bond acceptors (Lipinski definition) is 33. The van der Waals surface area contributed by atoms with Crippen molar-refractivity contribution in [3.63, 3.8) is 0 Å². The van der Waals surface area contributed by atoms with Gasteiger partial charge in [0.1, 0.15) is 140 Å². The highest BCUT2D eigenvalue weighted by Gasteiger charge is 2.64. The molecule has 36 heteroatoms. The summed E-state index contributed by atoms with van der Waals surface area (Å²) in [6.45, 7) is -2.52. The summed E-state index contributed by atoms with van der Waals surface area (Å²) in [4.78, 5) is 39.5. The number of nitrogens with one attached hydrogen (secondary N) is 1. The Labute approximate surface area is 452 Å². The number of aliphatic hydroxyl groups is 19. The van der Waals surface area contributed by atoms with Crippen LogP contribution >= 0.6 is 0 Å². The van der Waals surface area contributed by atoms with E-state index in [0.29, 0.717) is 0 Å². The summed E-state index contributed by atoms with van der Waals surface area (Å²) in [5.74, 6) is -8.13. The maximum absolute atomic E-state index is 13.6. The van der Waals surface area contributed by atoms with Gasteiger partial charge in [-0.05, 0) is 6.92 Å². The average molecular weight is 1180 g/mol. The van der Waals surface area contributed by atoms with Gasteiger partial charge in [0, 0.05) is 20.9 Å². The lowest BCUT2D eigenvalue weighted by Crippen LogP contribution is -2.75. The Bertz CT molecular complexity index is 2020. The Hall–Kier alpha value is -2.79. The fourth-order valence-electron chi connectivity index (χ4n) is 10.2. The first-order valence-electron chi connectivity index (χ1n) is 25.1. The lowest BCUT2D eigenvalue weighted by Gasteiger charge is -2.54. The van der Waals surface area contributed by atoms with Crippen LogP contribution in [0, 0.1) is 0 Å². The van der Waals surface area contributed by atoms with Crippen LogP contribution in [0.2, 0.25) is 0 Å². The van der Waals surface area contributed by atoms with Crippen molar-refractivity contribution in [1.82, 2.24) is 10.2 Å². The van der Waals surface area contributed by atoms with Gasteiger partial charge >= 0.3 is 5.97 Å². The van der Waals surface area contributed by atoms with Crippen LogP contribution in [0.4, 0.5) is 0 Å². The van der Waals surface area contributed by atoms with Crippen LogP contribution in [0.1, 0.15) is 20.8 Å². The smallest absolute Gasteiger partial charge is 0.367 e. The van der Waals surface area contributed by atoms with E-state index in [1.165, 1.54) is 6.92 Å². The highest BCUT2D eigenvalue weighted by atomic mass is 16.8. The van der Waals surface area contributed by atoms with Gasteiger partial charge in [0.15, 0.2) is 37.6 Å². The molecule has 6 aliphatic rings. The number of aliphatic hydroxyl groups excluding tert-OH is 18. The van der Waals surface area contributed by atoms with Crippen LogP contribution in [-0.2, 0) is 66.5 Å². The van der Waals surface area contributed by atoms with Gasteiger partial charge in [-0.2, -0.15) is 0 Å². The number of carboxylic acids is 1. The van der Waals surface area contributed by atoms with E-state index in [2.05, 4.69) is 5.32 Å². The molecule has 32 atom stereocenters. The van der Waals surface area contributed by atoms with E-state index in [1.54, 1.807) is 0 Å². The van der Waals surface area contributed by atoms with Crippen LogP contribution in [0.3, 0.4) is 0 Å². The van der Waals surface area contributed by atoms with Crippen LogP contribution in [0.15, 0.2) is 0 Å². The lowest BCUT2D eigenvalue weighted by molar-refractivity contribution is -0.400. The number of amides is 2. The Morgan fingerprint density at radius 1 is 0.550 bits per heavy atom. The zero-order valence-electron chi connectivity index (χ0n) is 43.0. The van der Waals surface area contributed by atoms with Crippen molar-refractivity contribution in [2.75, 3.05) is 40.1 Å². The number of nitrogens with zero attached hydrogens (tertiary/aromatic N) is 1. The fraction of sp³-hybridized carbons (Fsp3) is 0.932. The first kappa shape index (κ1) is 66.4. The van der Waals surface area contributed by atoms with Crippen LogP contribution < -0.4 is 5.32 Å². The molecule has 6 fully saturated rings. The van der Waals surface area contributed by atoms with Gasteiger partial charge in [-0.15, -0.1) is 0 Å². The molecule has 6 saturated heterocycles. The first-order chi connectivity index (χ1) is 37.5. The van der Waals surface area contributed by atoms with Gasteiger partial charge in [0.05, 0.1) is 45.2 Å². The van der Waals surface area contributed by atoms with Gasteiger partial charge in [-0.3, -0.25) is 9.59 Å². The Kier molecular flexibility index (Phi) is 22.8. The number of ether oxygens (including phenoxy) is 11. The van der Waals surface area contributed by atoms with Crippen molar-refractivity contribution in [2.45, 2.75) is 217 Å². The lowest BCUT2D eigenvalue weighted by atomic mass is 9.86. The molecule has 80 heavy (non-hydrogen) atoms. The second-order valence-electron chi connectivity index (χ2n) is 20.1. The maximum Gasteiger partial charge on any atom is 0.367 e. The van der Waals surface area contributed by atoms with E-state index in [-0.39, 0.29) is 0 Å². The molecule has 6 heterocycles. The van der Waals surface area contributed by atoms with E-state index in [1.807, 2.05) is 0 Å². The molecule has 0 saturated carbocycles. The molecule has 0 aromatic rings. The van der Waals surface area contributed by atoms with E-state index >= 15 is 0 Å². The number of carboxylic acid groups (broad SMARTS) is 1. The molecular formula is C44H74N2O34. The van der Waals surface area contributed by atoms with Gasteiger partial charge in [0.2, 0.25) is 11.8 Å². The second-order valence-corrected chi connectivity index (χ2v) is 20.1. The molecule has 0 aromatic heterocycles. The highest BCUT2D eigenvalue weighted by Crippen LogP contribution is 2.41. The molecule has 36 nitrogen and oxygen atoms in total. The number of likely N-dealkylation sites (N-methyl/N-ethyl adjacent to an activating group) is 1. The number of carbonyl (C=O) groups is 3. The van der Waals surface area contributed by atoms with Crippen LogP contribution in [0.25, 0.3) is 0 Å². The highest BCUT2D eigenvalue weighted by molar-refractivity contribution is 5.77. The number of carbonyl (C=O) groups excluding carboxylic acids is 2. The van der Waals surface area contributed by atoms with Crippen molar-refractivity contribution in [3.05, 3.63) is 0 Å². The topological polar surface area (TPSA) is 573 Å². The van der Waals surface area contributed by atoms with Crippen molar-refractivity contribution >= 4 is 17.8 Å². The first-order valence-corrected chi connectivity index (χ1v) is 25.1. The molecule has 6 aliphatic heterocycles. The minimum absolute atomic E-state index is 0.799. The van der Waals surface area contributed by atoms with Crippen molar-refractivity contribution in [1.29, 1.82) is 0 Å². The molecule has 0 aliphatic carbocycles. The Balaban J connectivity index is 1.42. The third-order valence-corrected chi connectivity index (χ3v) is 14.8. The van der Waals surface area contributed by atoms with E-state index in [9.17, 15) is 117 Å². The zero-order chi connectivity index (χ0) is 59.7. The molecule has 6 rings (SSSR count). The summed E-state index contributed by atoms with van der Waals surface area (Å²) in [5, 5.41) is 219. The predicted molar refractivity (Wildman–Crippen MR) is 244 cm³/mol. The molecule has 2 amide bonds. The summed E-state index contributed by atoms with van der Waals surface area (Å²) in [6, 6.07) is -4.00. The van der Waals surface area contributed by atoms with Gasteiger partial charge in [0.25, 0.3) is 5.79 Å². The molecule has 32 unspecified atom stereocenters. The van der Waals surface area contributed by atoms with Crippen LogP contribution in [0.5, 0.6) is 0 Å². The number of aliphatic carboxylic acids is 1. The summed E-state index contributed by atoms with van der Waals surface area (Å²) >= 11 is 0. The molecule has 464 valence electrons. The zero-order valence-corrected chi connectivity index (χ0v) is 43.0. The summed E-state index contributed by atoms with van der Waals surface area (Å²) in [7, 11) is 1.07. The van der Waals surface area contributed by atoms with Crippen molar-refractivity contribution in [2.24, 2.45) is 0 Å². The normalized spacial score (nSPS) is 48.2. The summed E-state index contributed by atoms with van der Waals surface area (Å²) in [6.07, 6.45) is -61.2. The fourth-order valence-corrected chi connectivity index (χ4v) is 10.2. The van der Waals surface area contributed by atoms with Crippen molar-refractivity contribution < 1.29 is 169 Å². The van der Waals surface area contributed by atoms with Crippen LogP contribution in [-0.4, -0.2) is 361 Å². The van der Waals surface area contributed by atoms with Gasteiger partial charge in [-0.1, -0.05) is 0 Å². The summed E-state index contributed by atoms with van der Waals surface area (Å²) < 4.78 is 63.6. The number of hydrogen-bond donors (Lipinski definition) is 21.